The number of hydrogen-bond acceptors (Lipinski definition) is 3. The number of ether oxygens (including phenoxy) is 2. The molecule has 0 bridgehead atoms. The minimum atomic E-state index is -1.80. The van der Waals surface area contributed by atoms with Crippen molar-refractivity contribution in [2.24, 2.45) is 0 Å². The van der Waals surface area contributed by atoms with Crippen molar-refractivity contribution < 1.29 is 31.5 Å². The van der Waals surface area contributed by atoms with E-state index in [1.165, 1.54) is 0 Å². The van der Waals surface area contributed by atoms with Gasteiger partial charge in [0.2, 0.25) is 0 Å². The lowest BCUT2D eigenvalue weighted by Crippen LogP contribution is -2.39. The van der Waals surface area contributed by atoms with Crippen LogP contribution in [0, 0.1) is 23.3 Å². The second-order valence-electron chi connectivity index (χ2n) is 4.57. The summed E-state index contributed by atoms with van der Waals surface area (Å²) in [6, 6.07) is 0.665. The fourth-order valence-corrected chi connectivity index (χ4v) is 2.58. The van der Waals surface area contributed by atoms with Gasteiger partial charge in [-0.25, -0.2) is 17.6 Å². The Morgan fingerprint density at radius 1 is 1.00 bits per heavy atom. The van der Waals surface area contributed by atoms with Gasteiger partial charge < -0.3 is 13.9 Å². The summed E-state index contributed by atoms with van der Waals surface area (Å²) in [6.07, 6.45) is 0.564. The normalized spacial score (nSPS) is 12.1. The number of halogens is 4. The quantitative estimate of drug-likeness (QED) is 0.227. The van der Waals surface area contributed by atoms with Crippen molar-refractivity contribution in [1.29, 1.82) is 0 Å². The zero-order valence-corrected chi connectivity index (χ0v) is 14.8. The van der Waals surface area contributed by atoms with E-state index < -0.39 is 29.2 Å². The monoisotopic (exact) mass is 340 g/mol. The molecule has 0 atom stereocenters. The van der Waals surface area contributed by atoms with Gasteiger partial charge >= 0.3 is 0 Å². The molecule has 1 rings (SSSR count). The van der Waals surface area contributed by atoms with E-state index in [9.17, 15) is 17.6 Å². The van der Waals surface area contributed by atoms with Crippen molar-refractivity contribution in [3.8, 4) is 0 Å². The second-order valence-corrected chi connectivity index (χ2v) is 4.97. The Bertz CT molecular complexity index is 493. The summed E-state index contributed by atoms with van der Waals surface area (Å²) in [5, 5.41) is 0. The summed E-state index contributed by atoms with van der Waals surface area (Å²) in [6.45, 7) is 4.27. The summed E-state index contributed by atoms with van der Waals surface area (Å²) in [5.74, 6) is -7.60. The number of rotatable bonds is 9. The summed E-state index contributed by atoms with van der Waals surface area (Å²) in [5.41, 5.74) is -0.230. The van der Waals surface area contributed by atoms with Crippen molar-refractivity contribution in [2.75, 3.05) is 13.2 Å². The predicted molar refractivity (Wildman–Crippen MR) is 76.2 cm³/mol. The molecule has 0 aliphatic rings. The largest absolute Gasteiger partial charge is 0.380 e. The predicted octanol–water partition coefficient (Wildman–Crippen LogP) is 2.59. The lowest BCUT2D eigenvalue weighted by molar-refractivity contribution is -0.343. The molecule has 0 amide bonds. The van der Waals surface area contributed by atoms with E-state index in [4.69, 9.17) is 13.9 Å². The molecule has 0 aliphatic heterocycles. The number of aryl methyl sites for hydroxylation is 1. The molecule has 8 heteroatoms. The SMILES string of the molecule is CCOC(CCCc1cc(F)c(F)c(F)c1F)(O[SiH3])OCC. The van der Waals surface area contributed by atoms with Gasteiger partial charge in [-0.2, -0.15) is 0 Å². The van der Waals surface area contributed by atoms with Gasteiger partial charge in [0, 0.05) is 19.6 Å². The van der Waals surface area contributed by atoms with E-state index in [0.717, 1.165) is 0 Å². The van der Waals surface area contributed by atoms with Crippen LogP contribution in [0.15, 0.2) is 6.07 Å². The van der Waals surface area contributed by atoms with Crippen LogP contribution >= 0.6 is 0 Å². The maximum atomic E-state index is 13.6. The van der Waals surface area contributed by atoms with E-state index in [1.54, 1.807) is 13.8 Å². The first-order valence-electron chi connectivity index (χ1n) is 7.05. The third-order valence-corrected chi connectivity index (χ3v) is 3.77. The summed E-state index contributed by atoms with van der Waals surface area (Å²) in [7, 11) is 0.362. The summed E-state index contributed by atoms with van der Waals surface area (Å²) < 4.78 is 69.0. The van der Waals surface area contributed by atoms with E-state index in [2.05, 4.69) is 0 Å². The van der Waals surface area contributed by atoms with Crippen LogP contribution in [0.5, 0.6) is 0 Å². The van der Waals surface area contributed by atoms with Gasteiger partial charge in [-0.15, -0.1) is 0 Å². The minimum Gasteiger partial charge on any atom is -0.380 e. The van der Waals surface area contributed by atoms with Gasteiger partial charge in [0.1, 0.15) is 0 Å². The first kappa shape index (κ1) is 19.1. The van der Waals surface area contributed by atoms with Crippen LogP contribution in [0.1, 0.15) is 32.3 Å². The zero-order chi connectivity index (χ0) is 16.8. The second kappa shape index (κ2) is 8.61. The van der Waals surface area contributed by atoms with Gasteiger partial charge in [-0.05, 0) is 38.3 Å². The van der Waals surface area contributed by atoms with Gasteiger partial charge in [0.15, 0.2) is 33.8 Å². The molecule has 0 saturated heterocycles. The third kappa shape index (κ3) is 4.51. The summed E-state index contributed by atoms with van der Waals surface area (Å²) in [4.78, 5) is 0. The highest BCUT2D eigenvalue weighted by molar-refractivity contribution is 5.98. The molecule has 3 nitrogen and oxygen atoms in total. The van der Waals surface area contributed by atoms with Crippen LogP contribution in [0.25, 0.3) is 0 Å². The van der Waals surface area contributed by atoms with Gasteiger partial charge in [-0.1, -0.05) is 0 Å². The van der Waals surface area contributed by atoms with Crippen LogP contribution < -0.4 is 0 Å². The molecule has 1 aromatic carbocycles. The molecule has 0 aliphatic carbocycles. The van der Waals surface area contributed by atoms with Crippen LogP contribution in [0.4, 0.5) is 17.6 Å². The Morgan fingerprint density at radius 2 is 1.59 bits per heavy atom. The van der Waals surface area contributed by atoms with Gasteiger partial charge in [0.05, 0.1) is 0 Å². The molecule has 0 N–H and O–H groups in total. The Hall–Kier alpha value is -0.963. The lowest BCUT2D eigenvalue weighted by atomic mass is 10.1. The Morgan fingerprint density at radius 3 is 2.09 bits per heavy atom. The van der Waals surface area contributed by atoms with Gasteiger partial charge in [-0.3, -0.25) is 0 Å². The molecule has 0 spiro atoms. The molecule has 1 aromatic rings. The molecular formula is C14H20F4O3Si. The molecule has 0 aromatic heterocycles. The van der Waals surface area contributed by atoms with Crippen LogP contribution in [0.2, 0.25) is 0 Å². The minimum absolute atomic E-state index is 0.00671. The maximum absolute atomic E-state index is 13.6. The van der Waals surface area contributed by atoms with Crippen molar-refractivity contribution in [2.45, 2.75) is 39.1 Å². The molecule has 0 fully saturated rings. The summed E-state index contributed by atoms with van der Waals surface area (Å²) >= 11 is 0. The highest BCUT2D eigenvalue weighted by atomic mass is 28.2. The molecule has 0 saturated carbocycles. The van der Waals surface area contributed by atoms with E-state index in [0.29, 0.717) is 36.2 Å². The van der Waals surface area contributed by atoms with Crippen LogP contribution in [-0.2, 0) is 20.3 Å². The molecular weight excluding hydrogens is 320 g/mol. The number of hydrogen-bond donors (Lipinski definition) is 0. The maximum Gasteiger partial charge on any atom is 0.272 e. The average Bonchev–Trinajstić information content (AvgIpc) is 2.50. The Labute approximate surface area is 130 Å². The molecule has 126 valence electrons. The first-order chi connectivity index (χ1) is 10.4. The fourth-order valence-electron chi connectivity index (χ4n) is 2.14. The van der Waals surface area contributed by atoms with Crippen molar-refractivity contribution in [3.05, 3.63) is 34.9 Å². The standard InChI is InChI=1S/C14H20F4O3Si/c1-3-19-14(21-22,20-4-2)7-5-6-9-8-10(15)12(17)13(18)11(9)16/h8H,3-7H2,1-2,22H3. The van der Waals surface area contributed by atoms with Crippen molar-refractivity contribution >= 4 is 10.5 Å². The van der Waals surface area contributed by atoms with E-state index in [-0.39, 0.29) is 18.4 Å². The Balaban J connectivity index is 2.77. The van der Waals surface area contributed by atoms with Crippen molar-refractivity contribution in [1.82, 2.24) is 0 Å². The fraction of sp³-hybridized carbons (Fsp3) is 0.571. The van der Waals surface area contributed by atoms with Gasteiger partial charge in [0.25, 0.3) is 5.97 Å². The third-order valence-electron chi connectivity index (χ3n) is 3.15. The molecule has 0 radical (unpaired) electrons. The van der Waals surface area contributed by atoms with Crippen LogP contribution in [0.3, 0.4) is 0 Å². The topological polar surface area (TPSA) is 27.7 Å². The van der Waals surface area contributed by atoms with E-state index >= 15 is 0 Å². The highest BCUT2D eigenvalue weighted by Crippen LogP contribution is 2.24. The number of benzene rings is 1. The zero-order valence-electron chi connectivity index (χ0n) is 12.8. The average molecular weight is 340 g/mol. The lowest BCUT2D eigenvalue weighted by Gasteiger charge is -2.31. The van der Waals surface area contributed by atoms with Crippen molar-refractivity contribution in [3.63, 3.8) is 0 Å². The Kier molecular flexibility index (Phi) is 7.47. The molecule has 0 unspecified atom stereocenters. The smallest absolute Gasteiger partial charge is 0.272 e. The van der Waals surface area contributed by atoms with E-state index in [1.807, 2.05) is 0 Å². The highest BCUT2D eigenvalue weighted by Gasteiger charge is 2.30. The first-order valence-corrected chi connectivity index (χ1v) is 7.87. The molecule has 0 heterocycles. The van der Waals surface area contributed by atoms with Crippen LogP contribution in [-0.4, -0.2) is 29.7 Å². The molecule has 22 heavy (non-hydrogen) atoms.